The summed E-state index contributed by atoms with van der Waals surface area (Å²) in [5, 5.41) is 0.488. The van der Waals surface area contributed by atoms with Crippen LogP contribution in [0.2, 0.25) is 5.82 Å². The average Bonchev–Trinajstić information content (AvgIpc) is 3.13. The molecule has 5 heteroatoms. The summed E-state index contributed by atoms with van der Waals surface area (Å²) in [5.41, 5.74) is 0. The number of hydrogen-bond acceptors (Lipinski definition) is 3. The van der Waals surface area contributed by atoms with E-state index in [1.807, 2.05) is 0 Å². The van der Waals surface area contributed by atoms with E-state index in [-0.39, 0.29) is 22.5 Å². The van der Waals surface area contributed by atoms with Crippen LogP contribution in [-0.2, 0) is 4.74 Å². The van der Waals surface area contributed by atoms with Crippen LogP contribution in [0.15, 0.2) is 0 Å². The summed E-state index contributed by atoms with van der Waals surface area (Å²) < 4.78 is 5.36. The van der Waals surface area contributed by atoms with Crippen molar-refractivity contribution < 1.29 is 4.74 Å². The number of ether oxygens (including phenoxy) is 1. The van der Waals surface area contributed by atoms with Gasteiger partial charge in [-0.1, -0.05) is 18.2 Å². The van der Waals surface area contributed by atoms with E-state index in [1.54, 1.807) is 0 Å². The monoisotopic (exact) mass is 338 g/mol. The molecule has 0 saturated heterocycles. The third-order valence-electron chi connectivity index (χ3n) is 8.68. The predicted octanol–water partition coefficient (Wildman–Crippen LogP) is 2.18. The minimum Gasteiger partial charge on any atom is -0.453 e. The minimum atomic E-state index is -0.297. The number of thiol groups is 2. The van der Waals surface area contributed by atoms with Gasteiger partial charge < -0.3 is 4.74 Å². The molecule has 5 aliphatic carbocycles. The first-order chi connectivity index (χ1) is 11.1. The average molecular weight is 338 g/mol. The van der Waals surface area contributed by atoms with Gasteiger partial charge in [0.05, 0.1) is 13.8 Å². The van der Waals surface area contributed by atoms with Crippen molar-refractivity contribution >= 4 is 41.0 Å². The zero-order chi connectivity index (χ0) is 15.7. The summed E-state index contributed by atoms with van der Waals surface area (Å²) in [7, 11) is 13.0. The number of rotatable bonds is 0. The number of fused-ring (bicyclic) bond motifs is 11. The molecular weight excluding hydrogens is 318 g/mol. The van der Waals surface area contributed by atoms with Gasteiger partial charge in [-0.05, 0) is 54.3 Å². The Kier molecular flexibility index (Phi) is 2.68. The molecule has 13 atom stereocenters. The molecule has 0 aromatic carbocycles. The Morgan fingerprint density at radius 3 is 2.61 bits per heavy atom. The second-order valence-electron chi connectivity index (χ2n) is 8.88. The van der Waals surface area contributed by atoms with Gasteiger partial charge in [-0.3, -0.25) is 0 Å². The Balaban J connectivity index is 1.42. The molecule has 0 aromatic heterocycles. The second kappa shape index (κ2) is 4.29. The fourth-order valence-corrected chi connectivity index (χ4v) is 9.98. The highest BCUT2D eigenvalue weighted by Gasteiger charge is 2.82. The lowest BCUT2D eigenvalue weighted by molar-refractivity contribution is -0.180. The highest BCUT2D eigenvalue weighted by Crippen LogP contribution is 2.83. The summed E-state index contributed by atoms with van der Waals surface area (Å²) >= 11 is 10.2. The van der Waals surface area contributed by atoms with Crippen LogP contribution in [0.25, 0.3) is 0 Å². The van der Waals surface area contributed by atoms with Crippen molar-refractivity contribution in [3.05, 3.63) is 0 Å². The molecule has 5 fully saturated rings. The van der Waals surface area contributed by atoms with Crippen LogP contribution in [0.1, 0.15) is 19.3 Å². The lowest BCUT2D eigenvalue weighted by Gasteiger charge is -2.75. The van der Waals surface area contributed by atoms with Crippen molar-refractivity contribution in [2.75, 3.05) is 0 Å². The van der Waals surface area contributed by atoms with E-state index >= 15 is 0 Å². The van der Waals surface area contributed by atoms with E-state index < -0.39 is 0 Å². The largest absolute Gasteiger partial charge is 0.453 e. The molecule has 0 spiro atoms. The van der Waals surface area contributed by atoms with Gasteiger partial charge in [-0.25, -0.2) is 0 Å². The van der Waals surface area contributed by atoms with E-state index in [9.17, 15) is 0 Å². The van der Waals surface area contributed by atoms with Crippen molar-refractivity contribution in [1.82, 2.24) is 0 Å². The van der Waals surface area contributed by atoms with Crippen LogP contribution < -0.4 is 0 Å². The first-order valence-electron chi connectivity index (χ1n) is 9.14. The molecule has 0 bridgehead atoms. The van der Waals surface area contributed by atoms with Gasteiger partial charge in [0.25, 0.3) is 0 Å². The fourth-order valence-electron chi connectivity index (χ4n) is 8.23. The molecule has 4 radical (unpaired) electrons. The van der Waals surface area contributed by atoms with Crippen molar-refractivity contribution in [1.29, 1.82) is 0 Å². The summed E-state index contributed by atoms with van der Waals surface area (Å²) in [6.45, 7) is 0. The van der Waals surface area contributed by atoms with Gasteiger partial charge in [0.2, 0.25) is 0 Å². The smallest absolute Gasteiger partial charge is 0.128 e. The van der Waals surface area contributed by atoms with Gasteiger partial charge >= 0.3 is 0 Å². The Morgan fingerprint density at radius 2 is 1.78 bits per heavy atom. The van der Waals surface area contributed by atoms with Crippen molar-refractivity contribution in [3.8, 4) is 12.0 Å². The normalized spacial score (nSPS) is 69.7. The molecule has 116 valence electrons. The zero-order valence-corrected chi connectivity index (χ0v) is 14.8. The Bertz CT molecular complexity index is 647. The molecule has 0 amide bonds. The lowest BCUT2D eigenvalue weighted by atomic mass is 9.33. The van der Waals surface area contributed by atoms with E-state index in [2.05, 4.69) is 12.0 Å². The highest BCUT2D eigenvalue weighted by atomic mass is 32.1. The Morgan fingerprint density at radius 1 is 1.00 bits per heavy atom. The summed E-state index contributed by atoms with van der Waals surface area (Å²) in [6, 6.07) is -0.297. The van der Waals surface area contributed by atoms with Gasteiger partial charge in [0.15, 0.2) is 0 Å². The van der Waals surface area contributed by atoms with Gasteiger partial charge in [0.1, 0.15) is 14.0 Å². The maximum atomic E-state index is 6.82. The van der Waals surface area contributed by atoms with Crippen LogP contribution in [0.4, 0.5) is 0 Å². The van der Waals surface area contributed by atoms with Gasteiger partial charge in [-0.2, -0.15) is 25.3 Å². The SMILES string of the molecule is [B]C1OC#CC2C1C1(S)C3C([B])C4C(S)C5CCCC5C4C3[C@H]21. The molecular formula is C18H20B2OS2. The molecule has 6 aliphatic rings. The first-order valence-corrected chi connectivity index (χ1v) is 10.1. The molecule has 0 N–H and O–H groups in total. The predicted molar refractivity (Wildman–Crippen MR) is 97.7 cm³/mol. The lowest BCUT2D eigenvalue weighted by Crippen LogP contribution is -2.78. The van der Waals surface area contributed by atoms with Crippen LogP contribution >= 0.6 is 25.3 Å². The molecule has 5 saturated carbocycles. The van der Waals surface area contributed by atoms with Crippen LogP contribution in [0.3, 0.4) is 0 Å². The topological polar surface area (TPSA) is 9.23 Å². The van der Waals surface area contributed by atoms with Crippen LogP contribution in [0, 0.1) is 65.3 Å². The van der Waals surface area contributed by atoms with Crippen molar-refractivity contribution in [3.63, 3.8) is 0 Å². The summed E-state index contributed by atoms with van der Waals surface area (Å²) in [4.78, 5) is 0. The Hall–Kier alpha value is 0.190. The quantitative estimate of drug-likeness (QED) is 0.391. The van der Waals surface area contributed by atoms with Crippen LogP contribution in [-0.4, -0.2) is 31.7 Å². The van der Waals surface area contributed by atoms with Crippen molar-refractivity contribution in [2.45, 2.75) is 41.1 Å². The first kappa shape index (κ1) is 14.4. The third-order valence-corrected chi connectivity index (χ3v) is 10.3. The molecule has 1 nitrogen and oxygen atoms in total. The maximum absolute atomic E-state index is 6.82. The van der Waals surface area contributed by atoms with E-state index in [1.165, 1.54) is 19.3 Å². The van der Waals surface area contributed by atoms with E-state index in [0.717, 1.165) is 17.8 Å². The molecule has 23 heavy (non-hydrogen) atoms. The summed E-state index contributed by atoms with van der Waals surface area (Å²) in [6.07, 6.45) is 6.94. The highest BCUT2D eigenvalue weighted by molar-refractivity contribution is 7.82. The zero-order valence-electron chi connectivity index (χ0n) is 13.0. The number of hydrogen-bond donors (Lipinski definition) is 2. The van der Waals surface area contributed by atoms with E-state index in [0.29, 0.717) is 34.8 Å². The third kappa shape index (κ3) is 1.34. The summed E-state index contributed by atoms with van der Waals surface area (Å²) in [5.74, 6) is 8.93. The van der Waals surface area contributed by atoms with E-state index in [4.69, 9.17) is 45.7 Å². The van der Waals surface area contributed by atoms with Gasteiger partial charge in [0, 0.05) is 21.8 Å². The standard InChI is InChI=1S/C18H20B2OS2/c19-15-11-9(6-2-1-3-7(6)16(11)22)10-12-8-4-5-21-17(20)13(8)18(12,23)14(10)15/h6-17,22-23H,1-3H2/t6?,7?,8?,9?,10?,11?,12-,13?,14?,15?,16?,17?,18?/m0/s1. The molecule has 12 unspecified atom stereocenters. The maximum Gasteiger partial charge on any atom is 0.128 e. The molecule has 1 aliphatic heterocycles. The van der Waals surface area contributed by atoms with Crippen LogP contribution in [0.5, 0.6) is 0 Å². The molecule has 0 aromatic rings. The second-order valence-corrected chi connectivity index (χ2v) is 10.2. The molecule has 1 heterocycles. The van der Waals surface area contributed by atoms with Crippen molar-refractivity contribution in [2.24, 2.45) is 53.3 Å². The minimum absolute atomic E-state index is 0.0464. The Labute approximate surface area is 152 Å². The fraction of sp³-hybridized carbons (Fsp3) is 0.889. The van der Waals surface area contributed by atoms with Gasteiger partial charge in [-0.15, -0.1) is 0 Å². The molecule has 6 rings (SSSR count).